The molecule has 3 rings (SSSR count). The van der Waals surface area contributed by atoms with Gasteiger partial charge in [0.25, 0.3) is 0 Å². The molecule has 1 saturated carbocycles. The smallest absolute Gasteiger partial charge is 0.307 e. The summed E-state index contributed by atoms with van der Waals surface area (Å²) in [7, 11) is 0. The Labute approximate surface area is 98.5 Å². The van der Waals surface area contributed by atoms with Gasteiger partial charge in [0, 0.05) is 18.3 Å². The molecule has 17 heavy (non-hydrogen) atoms. The van der Waals surface area contributed by atoms with Gasteiger partial charge in [-0.15, -0.1) is 0 Å². The van der Waals surface area contributed by atoms with Crippen molar-refractivity contribution in [3.8, 4) is 5.69 Å². The van der Waals surface area contributed by atoms with Crippen LogP contribution in [0.1, 0.15) is 17.9 Å². The highest BCUT2D eigenvalue weighted by molar-refractivity contribution is 5.75. The van der Waals surface area contributed by atoms with Crippen molar-refractivity contribution in [3.63, 3.8) is 0 Å². The number of hydrogen-bond acceptors (Lipinski definition) is 2. The number of hydrogen-bond donors (Lipinski definition) is 1. The summed E-state index contributed by atoms with van der Waals surface area (Å²) in [4.78, 5) is 10.9. The van der Waals surface area contributed by atoms with Crippen molar-refractivity contribution in [2.24, 2.45) is 5.92 Å². The Morgan fingerprint density at radius 2 is 2.18 bits per heavy atom. The summed E-state index contributed by atoms with van der Waals surface area (Å²) in [5.41, 5.74) is 2.05. The maximum absolute atomic E-state index is 10.9. The summed E-state index contributed by atoms with van der Waals surface area (Å²) in [5.74, 6) is -0.801. The van der Waals surface area contributed by atoms with E-state index < -0.39 is 5.97 Å². The van der Waals surface area contributed by atoms with Crippen LogP contribution in [0.4, 0.5) is 0 Å². The second kappa shape index (κ2) is 3.73. The highest BCUT2D eigenvalue weighted by atomic mass is 16.4. The third-order valence-corrected chi connectivity index (χ3v) is 3.20. The first-order valence-electron chi connectivity index (χ1n) is 5.59. The van der Waals surface area contributed by atoms with Gasteiger partial charge in [-0.25, -0.2) is 4.68 Å². The number of benzene rings is 1. The highest BCUT2D eigenvalue weighted by Crippen LogP contribution is 2.49. The zero-order valence-electron chi connectivity index (χ0n) is 9.15. The molecule has 0 bridgehead atoms. The minimum Gasteiger partial charge on any atom is -0.481 e. The molecule has 0 amide bonds. The highest BCUT2D eigenvalue weighted by Gasteiger charge is 2.45. The first-order valence-corrected chi connectivity index (χ1v) is 5.59. The standard InChI is InChI=1S/C13H12N2O2/c16-13(17)11-8-10(11)9-4-1-2-5-12(9)15-7-3-6-14-15/h1-7,10-11H,8H2,(H,16,17)/t10-,11+/m0/s1. The molecule has 0 unspecified atom stereocenters. The van der Waals surface area contributed by atoms with E-state index in [1.807, 2.05) is 36.5 Å². The minimum atomic E-state index is -0.703. The third kappa shape index (κ3) is 1.71. The Balaban J connectivity index is 1.99. The molecule has 1 fully saturated rings. The summed E-state index contributed by atoms with van der Waals surface area (Å²) in [6, 6.07) is 9.71. The van der Waals surface area contributed by atoms with Crippen LogP contribution >= 0.6 is 0 Å². The van der Waals surface area contributed by atoms with E-state index in [2.05, 4.69) is 5.10 Å². The minimum absolute atomic E-state index is 0.132. The van der Waals surface area contributed by atoms with Crippen LogP contribution in [0.5, 0.6) is 0 Å². The van der Waals surface area contributed by atoms with E-state index in [-0.39, 0.29) is 11.8 Å². The normalized spacial score (nSPS) is 22.4. The molecule has 1 heterocycles. The van der Waals surface area contributed by atoms with Gasteiger partial charge in [-0.05, 0) is 24.1 Å². The second-order valence-electron chi connectivity index (χ2n) is 4.30. The van der Waals surface area contributed by atoms with Gasteiger partial charge < -0.3 is 5.11 Å². The average Bonchev–Trinajstić information content (AvgIpc) is 2.96. The lowest BCUT2D eigenvalue weighted by atomic mass is 10.1. The maximum Gasteiger partial charge on any atom is 0.307 e. The molecule has 1 aromatic carbocycles. The van der Waals surface area contributed by atoms with Gasteiger partial charge in [0.05, 0.1) is 11.6 Å². The summed E-state index contributed by atoms with van der Waals surface area (Å²) in [5, 5.41) is 13.2. The molecule has 0 spiro atoms. The number of carbonyl (C=O) groups is 1. The molecule has 86 valence electrons. The lowest BCUT2D eigenvalue weighted by Crippen LogP contribution is -2.03. The monoisotopic (exact) mass is 228 g/mol. The SMILES string of the molecule is O=C(O)[C@@H]1C[C@H]1c1ccccc1-n1cccn1. The van der Waals surface area contributed by atoms with Gasteiger partial charge >= 0.3 is 5.97 Å². The molecule has 2 atom stereocenters. The fraction of sp³-hybridized carbons (Fsp3) is 0.231. The lowest BCUT2D eigenvalue weighted by Gasteiger charge is -2.08. The zero-order chi connectivity index (χ0) is 11.8. The number of para-hydroxylation sites is 1. The van der Waals surface area contributed by atoms with Crippen LogP contribution in [0.2, 0.25) is 0 Å². The number of carboxylic acid groups (broad SMARTS) is 1. The third-order valence-electron chi connectivity index (χ3n) is 3.20. The van der Waals surface area contributed by atoms with E-state index in [4.69, 9.17) is 5.11 Å². The second-order valence-corrected chi connectivity index (χ2v) is 4.30. The average molecular weight is 228 g/mol. The molecule has 0 aliphatic heterocycles. The molecule has 4 heteroatoms. The quantitative estimate of drug-likeness (QED) is 0.874. The van der Waals surface area contributed by atoms with Crippen molar-refractivity contribution in [2.75, 3.05) is 0 Å². The van der Waals surface area contributed by atoms with E-state index in [1.165, 1.54) is 0 Å². The Kier molecular flexibility index (Phi) is 2.21. The van der Waals surface area contributed by atoms with Crippen LogP contribution in [0.15, 0.2) is 42.7 Å². The van der Waals surface area contributed by atoms with E-state index in [1.54, 1.807) is 10.9 Å². The Hall–Kier alpha value is -2.10. The number of aliphatic carboxylic acids is 1. The lowest BCUT2D eigenvalue weighted by molar-refractivity contribution is -0.138. The van der Waals surface area contributed by atoms with Gasteiger partial charge in [-0.2, -0.15) is 5.10 Å². The predicted octanol–water partition coefficient (Wildman–Crippen LogP) is 2.06. The van der Waals surface area contributed by atoms with Crippen LogP contribution in [-0.2, 0) is 4.79 Å². The molecule has 1 aromatic heterocycles. The predicted molar refractivity (Wildman–Crippen MR) is 62.0 cm³/mol. The van der Waals surface area contributed by atoms with Crippen LogP contribution in [0.3, 0.4) is 0 Å². The molecular formula is C13H12N2O2. The van der Waals surface area contributed by atoms with E-state index in [0.29, 0.717) is 0 Å². The van der Waals surface area contributed by atoms with E-state index in [0.717, 1.165) is 17.7 Å². The van der Waals surface area contributed by atoms with E-state index >= 15 is 0 Å². The van der Waals surface area contributed by atoms with Crippen molar-refractivity contribution >= 4 is 5.97 Å². The van der Waals surface area contributed by atoms with Crippen LogP contribution in [0.25, 0.3) is 5.69 Å². The van der Waals surface area contributed by atoms with Crippen molar-refractivity contribution in [3.05, 3.63) is 48.3 Å². The largest absolute Gasteiger partial charge is 0.481 e. The number of rotatable bonds is 3. The number of nitrogens with zero attached hydrogens (tertiary/aromatic N) is 2. The topological polar surface area (TPSA) is 55.1 Å². The van der Waals surface area contributed by atoms with Crippen LogP contribution in [0, 0.1) is 5.92 Å². The molecular weight excluding hydrogens is 216 g/mol. The van der Waals surface area contributed by atoms with Gasteiger partial charge in [-0.3, -0.25) is 4.79 Å². The Morgan fingerprint density at radius 1 is 1.35 bits per heavy atom. The van der Waals surface area contributed by atoms with Crippen LogP contribution < -0.4 is 0 Å². The molecule has 1 aliphatic rings. The number of carboxylic acids is 1. The van der Waals surface area contributed by atoms with Crippen molar-refractivity contribution in [2.45, 2.75) is 12.3 Å². The number of aromatic nitrogens is 2. The first kappa shape index (κ1) is 10.1. The molecule has 2 aromatic rings. The Morgan fingerprint density at radius 3 is 2.82 bits per heavy atom. The molecule has 0 radical (unpaired) electrons. The van der Waals surface area contributed by atoms with Crippen molar-refractivity contribution in [1.82, 2.24) is 9.78 Å². The van der Waals surface area contributed by atoms with Gasteiger partial charge in [-0.1, -0.05) is 18.2 Å². The fourth-order valence-corrected chi connectivity index (χ4v) is 2.23. The summed E-state index contributed by atoms with van der Waals surface area (Å²) >= 11 is 0. The van der Waals surface area contributed by atoms with E-state index in [9.17, 15) is 4.79 Å². The molecule has 1 N–H and O–H groups in total. The molecule has 1 aliphatic carbocycles. The van der Waals surface area contributed by atoms with Gasteiger partial charge in [0.15, 0.2) is 0 Å². The van der Waals surface area contributed by atoms with Gasteiger partial charge in [0.1, 0.15) is 0 Å². The zero-order valence-corrected chi connectivity index (χ0v) is 9.15. The Bertz CT molecular complexity index is 548. The maximum atomic E-state index is 10.9. The summed E-state index contributed by atoms with van der Waals surface area (Å²) in [6.45, 7) is 0. The molecule has 4 nitrogen and oxygen atoms in total. The van der Waals surface area contributed by atoms with Gasteiger partial charge in [0.2, 0.25) is 0 Å². The first-order chi connectivity index (χ1) is 8.27. The fourth-order valence-electron chi connectivity index (χ4n) is 2.23. The van der Waals surface area contributed by atoms with Crippen molar-refractivity contribution < 1.29 is 9.90 Å². The van der Waals surface area contributed by atoms with Crippen molar-refractivity contribution in [1.29, 1.82) is 0 Å². The summed E-state index contributed by atoms with van der Waals surface area (Å²) in [6.07, 6.45) is 4.32. The molecule has 0 saturated heterocycles. The van der Waals surface area contributed by atoms with Crippen LogP contribution in [-0.4, -0.2) is 20.9 Å². The summed E-state index contributed by atoms with van der Waals surface area (Å²) < 4.78 is 1.78.